The van der Waals surface area contributed by atoms with Crippen LogP contribution in [0.1, 0.15) is 25.7 Å². The van der Waals surface area contributed by atoms with E-state index in [0.717, 1.165) is 53.0 Å². The second-order valence-corrected chi connectivity index (χ2v) is 7.26. The molecule has 1 fully saturated rings. The normalized spacial score (nSPS) is 21.5. The highest BCUT2D eigenvalue weighted by Gasteiger charge is 2.24. The number of thioether (sulfide) groups is 1. The molecule has 0 aromatic carbocycles. The summed E-state index contributed by atoms with van der Waals surface area (Å²) in [6, 6.07) is 0.0790. The van der Waals surface area contributed by atoms with Crippen molar-refractivity contribution in [1.29, 1.82) is 0 Å². The molecule has 0 spiro atoms. The van der Waals surface area contributed by atoms with Gasteiger partial charge in [0.15, 0.2) is 10.8 Å². The van der Waals surface area contributed by atoms with Crippen molar-refractivity contribution in [3.63, 3.8) is 0 Å². The summed E-state index contributed by atoms with van der Waals surface area (Å²) < 4.78 is 2.71. The van der Waals surface area contributed by atoms with Crippen molar-refractivity contribution < 1.29 is 9.90 Å². The molecular formula is C14H18BrN5O2S. The number of aromatic nitrogens is 4. The van der Waals surface area contributed by atoms with E-state index in [2.05, 4.69) is 36.3 Å². The Morgan fingerprint density at radius 3 is 2.87 bits per heavy atom. The molecule has 124 valence electrons. The first-order valence-electron chi connectivity index (χ1n) is 7.49. The van der Waals surface area contributed by atoms with Crippen LogP contribution >= 0.6 is 27.7 Å². The van der Waals surface area contributed by atoms with E-state index in [4.69, 9.17) is 5.11 Å². The number of nitrogens with one attached hydrogen (secondary N) is 1. The van der Waals surface area contributed by atoms with E-state index in [-0.39, 0.29) is 6.04 Å². The molecule has 1 aliphatic rings. The van der Waals surface area contributed by atoms with Crippen molar-refractivity contribution in [2.75, 3.05) is 6.26 Å². The Hall–Kier alpha value is -1.35. The molecule has 3 rings (SSSR count). The van der Waals surface area contributed by atoms with Gasteiger partial charge in [0.1, 0.15) is 4.60 Å². The summed E-state index contributed by atoms with van der Waals surface area (Å²) in [4.78, 5) is 19.6. The highest BCUT2D eigenvalue weighted by molar-refractivity contribution is 9.10. The van der Waals surface area contributed by atoms with Crippen LogP contribution in [0.4, 0.5) is 4.79 Å². The van der Waals surface area contributed by atoms with E-state index in [0.29, 0.717) is 5.92 Å². The van der Waals surface area contributed by atoms with E-state index < -0.39 is 6.09 Å². The van der Waals surface area contributed by atoms with E-state index in [9.17, 15) is 4.79 Å². The van der Waals surface area contributed by atoms with Gasteiger partial charge in [0, 0.05) is 18.8 Å². The van der Waals surface area contributed by atoms with Crippen LogP contribution in [-0.2, 0) is 6.54 Å². The van der Waals surface area contributed by atoms with E-state index >= 15 is 0 Å². The zero-order valence-corrected chi connectivity index (χ0v) is 15.1. The number of halogens is 1. The number of fused-ring (bicyclic) bond motifs is 1. The van der Waals surface area contributed by atoms with Crippen LogP contribution in [0, 0.1) is 5.92 Å². The Bertz CT molecular complexity index is 715. The first-order valence-corrected chi connectivity index (χ1v) is 9.51. The SMILES string of the molecule is CSc1ncc2c(Br)nn(CC3CCC(NC(=O)O)CC3)c2n1. The van der Waals surface area contributed by atoms with Crippen LogP contribution in [0.2, 0.25) is 0 Å². The van der Waals surface area contributed by atoms with Crippen LogP contribution in [0.25, 0.3) is 11.0 Å². The number of carboxylic acid groups (broad SMARTS) is 1. The highest BCUT2D eigenvalue weighted by Crippen LogP contribution is 2.28. The second-order valence-electron chi connectivity index (χ2n) is 5.73. The van der Waals surface area contributed by atoms with Gasteiger partial charge in [0.05, 0.1) is 5.39 Å². The summed E-state index contributed by atoms with van der Waals surface area (Å²) in [5.74, 6) is 0.490. The molecular weight excluding hydrogens is 382 g/mol. The largest absolute Gasteiger partial charge is 0.465 e. The summed E-state index contributed by atoms with van der Waals surface area (Å²) in [5.41, 5.74) is 0.849. The standard InChI is InChI=1S/C14H18BrN5O2S/c1-23-13-16-6-10-11(15)19-20(12(10)18-13)7-8-2-4-9(5-3-8)17-14(21)22/h6,8-9,17H,2-5,7H2,1H3,(H,21,22). The molecule has 0 radical (unpaired) electrons. The zero-order valence-electron chi connectivity index (χ0n) is 12.7. The molecule has 0 saturated heterocycles. The quantitative estimate of drug-likeness (QED) is 0.605. The molecule has 0 aliphatic heterocycles. The molecule has 2 aromatic rings. The molecule has 1 aliphatic carbocycles. The predicted molar refractivity (Wildman–Crippen MR) is 91.7 cm³/mol. The molecule has 0 bridgehead atoms. The summed E-state index contributed by atoms with van der Waals surface area (Å²) >= 11 is 4.98. The van der Waals surface area contributed by atoms with Crippen LogP contribution < -0.4 is 5.32 Å². The van der Waals surface area contributed by atoms with E-state index in [1.54, 1.807) is 6.20 Å². The highest BCUT2D eigenvalue weighted by atomic mass is 79.9. The first-order chi connectivity index (χ1) is 11.1. The Morgan fingerprint density at radius 1 is 1.48 bits per heavy atom. The van der Waals surface area contributed by atoms with Gasteiger partial charge in [-0.15, -0.1) is 0 Å². The average molecular weight is 400 g/mol. The van der Waals surface area contributed by atoms with Crippen LogP contribution in [-0.4, -0.2) is 43.2 Å². The maximum atomic E-state index is 10.7. The zero-order chi connectivity index (χ0) is 16.4. The van der Waals surface area contributed by atoms with E-state index in [1.807, 2.05) is 10.9 Å². The van der Waals surface area contributed by atoms with Crippen LogP contribution in [0.3, 0.4) is 0 Å². The maximum Gasteiger partial charge on any atom is 0.404 e. The molecule has 23 heavy (non-hydrogen) atoms. The minimum atomic E-state index is -0.934. The Balaban J connectivity index is 1.71. The van der Waals surface area contributed by atoms with Gasteiger partial charge < -0.3 is 10.4 Å². The number of hydrogen-bond acceptors (Lipinski definition) is 5. The number of carbonyl (C=O) groups is 1. The van der Waals surface area contributed by atoms with Crippen molar-refractivity contribution in [3.05, 3.63) is 10.8 Å². The molecule has 1 amide bonds. The fourth-order valence-corrected chi connectivity index (χ4v) is 3.85. The summed E-state index contributed by atoms with van der Waals surface area (Å²) in [6.07, 6.45) is 6.56. The Morgan fingerprint density at radius 2 is 2.22 bits per heavy atom. The third-order valence-electron chi connectivity index (χ3n) is 4.21. The van der Waals surface area contributed by atoms with Crippen LogP contribution in [0.15, 0.2) is 16.0 Å². The van der Waals surface area contributed by atoms with Crippen molar-refractivity contribution in [2.45, 2.75) is 43.4 Å². The first kappa shape index (κ1) is 16.5. The smallest absolute Gasteiger partial charge is 0.404 e. The number of amides is 1. The van der Waals surface area contributed by atoms with Crippen molar-refractivity contribution >= 4 is 44.8 Å². The van der Waals surface area contributed by atoms with Crippen molar-refractivity contribution in [1.82, 2.24) is 25.1 Å². The summed E-state index contributed by atoms with van der Waals surface area (Å²) in [5, 5.41) is 17.6. The van der Waals surface area contributed by atoms with E-state index in [1.165, 1.54) is 11.8 Å². The van der Waals surface area contributed by atoms with Gasteiger partial charge in [-0.2, -0.15) is 5.10 Å². The van der Waals surface area contributed by atoms with Gasteiger partial charge in [0.2, 0.25) is 0 Å². The lowest BCUT2D eigenvalue weighted by Gasteiger charge is -2.28. The van der Waals surface area contributed by atoms with Gasteiger partial charge in [-0.05, 0) is 53.8 Å². The lowest BCUT2D eigenvalue weighted by molar-refractivity contribution is 0.180. The van der Waals surface area contributed by atoms with Gasteiger partial charge >= 0.3 is 6.09 Å². The molecule has 1 saturated carbocycles. The Kier molecular flexibility index (Phi) is 5.05. The monoisotopic (exact) mass is 399 g/mol. The second kappa shape index (κ2) is 7.04. The number of rotatable bonds is 4. The van der Waals surface area contributed by atoms with Crippen molar-refractivity contribution in [2.24, 2.45) is 5.92 Å². The maximum absolute atomic E-state index is 10.7. The minimum Gasteiger partial charge on any atom is -0.465 e. The lowest BCUT2D eigenvalue weighted by Crippen LogP contribution is -2.37. The average Bonchev–Trinajstić information content (AvgIpc) is 2.84. The molecule has 9 heteroatoms. The van der Waals surface area contributed by atoms with Crippen LogP contribution in [0.5, 0.6) is 0 Å². The summed E-state index contributed by atoms with van der Waals surface area (Å²) in [7, 11) is 0. The molecule has 0 atom stereocenters. The molecule has 0 unspecified atom stereocenters. The number of nitrogens with zero attached hydrogens (tertiary/aromatic N) is 4. The molecule has 2 aromatic heterocycles. The molecule has 2 heterocycles. The Labute approximate surface area is 146 Å². The predicted octanol–water partition coefficient (Wildman–Crippen LogP) is 3.14. The van der Waals surface area contributed by atoms with Gasteiger partial charge in [-0.1, -0.05) is 11.8 Å². The molecule has 7 nitrogen and oxygen atoms in total. The minimum absolute atomic E-state index is 0.0790. The topological polar surface area (TPSA) is 92.9 Å². The third kappa shape index (κ3) is 3.77. The van der Waals surface area contributed by atoms with Crippen molar-refractivity contribution in [3.8, 4) is 0 Å². The van der Waals surface area contributed by atoms with Gasteiger partial charge in [-0.25, -0.2) is 19.4 Å². The number of hydrogen-bond donors (Lipinski definition) is 2. The molecule has 2 N–H and O–H groups in total. The third-order valence-corrected chi connectivity index (χ3v) is 5.36. The fraction of sp³-hybridized carbons (Fsp3) is 0.571. The lowest BCUT2D eigenvalue weighted by atomic mass is 9.86. The van der Waals surface area contributed by atoms with Gasteiger partial charge in [-0.3, -0.25) is 0 Å². The van der Waals surface area contributed by atoms with Gasteiger partial charge in [0.25, 0.3) is 0 Å². The summed E-state index contributed by atoms with van der Waals surface area (Å²) in [6.45, 7) is 0.798. The fourth-order valence-electron chi connectivity index (χ4n) is 3.04.